The number of ether oxygens (including phenoxy) is 2. The van der Waals surface area contributed by atoms with Crippen LogP contribution in [-0.2, 0) is 9.47 Å². The fourth-order valence-corrected chi connectivity index (χ4v) is 1.34. The van der Waals surface area contributed by atoms with E-state index in [9.17, 15) is 0 Å². The van der Waals surface area contributed by atoms with Crippen LogP contribution in [-0.4, -0.2) is 24.3 Å². The van der Waals surface area contributed by atoms with Crippen molar-refractivity contribution in [3.05, 3.63) is 0 Å². The summed E-state index contributed by atoms with van der Waals surface area (Å²) in [5, 5.41) is 0. The quantitative estimate of drug-likeness (QED) is 0.275. The monoisotopic (exact) mass is 572 g/mol. The van der Waals surface area contributed by atoms with Gasteiger partial charge in [-0.25, -0.2) is 0 Å². The average Bonchev–Trinajstić information content (AvgIpc) is 1.81. The van der Waals surface area contributed by atoms with Crippen LogP contribution < -0.4 is 0 Å². The van der Waals surface area contributed by atoms with E-state index < -0.39 is 0 Å². The van der Waals surface area contributed by atoms with Gasteiger partial charge in [0.15, 0.2) is 4.29 Å². The lowest BCUT2D eigenvalue weighted by atomic mass is 10.8. The maximum atomic E-state index is 5.17. The second-order valence-corrected chi connectivity index (χ2v) is 16.6. The van der Waals surface area contributed by atoms with Gasteiger partial charge < -0.3 is 9.47 Å². The second kappa shape index (κ2) is 7.19. The molecule has 0 aliphatic carbocycles. The average molecular weight is 578 g/mol. The van der Waals surface area contributed by atoms with Crippen LogP contribution in [0.25, 0.3) is 0 Å². The van der Waals surface area contributed by atoms with E-state index in [1.54, 1.807) is 0 Å². The Kier molecular flexibility index (Phi) is 8.74. The van der Waals surface area contributed by atoms with Gasteiger partial charge >= 0.3 is 0 Å². The topological polar surface area (TPSA) is 18.5 Å². The molecule has 0 atom stereocenters. The molecule has 0 heterocycles. The van der Waals surface area contributed by atoms with E-state index in [4.69, 9.17) is 9.47 Å². The summed E-state index contributed by atoms with van der Waals surface area (Å²) in [5.41, 5.74) is 0. The highest BCUT2D eigenvalue weighted by molar-refractivity contribution is 9.39. The number of hydrogen-bond acceptors (Lipinski definition) is 2. The Morgan fingerprint density at radius 1 is 0.692 bits per heavy atom. The van der Waals surface area contributed by atoms with Crippen LogP contribution in [0.3, 0.4) is 0 Å². The highest BCUT2D eigenvalue weighted by atomic mass is 80.0. The SMILES string of the molecule is BrC(Br)(Br)COCOCC(Br)(Br)Br. The summed E-state index contributed by atoms with van der Waals surface area (Å²) < 4.78 is 9.60. The van der Waals surface area contributed by atoms with E-state index in [1.807, 2.05) is 0 Å². The predicted molar refractivity (Wildman–Crippen MR) is 75.8 cm³/mol. The number of halogens is 6. The Bertz CT molecular complexity index is 123. The Hall–Kier alpha value is 2.80. The van der Waals surface area contributed by atoms with E-state index in [2.05, 4.69) is 95.6 Å². The van der Waals surface area contributed by atoms with Gasteiger partial charge in [0.1, 0.15) is 6.79 Å². The molecule has 2 nitrogen and oxygen atoms in total. The van der Waals surface area contributed by atoms with Gasteiger partial charge in [-0.3, -0.25) is 0 Å². The van der Waals surface area contributed by atoms with Crippen molar-refractivity contribution in [2.24, 2.45) is 0 Å². The van der Waals surface area contributed by atoms with Crippen molar-refractivity contribution < 1.29 is 9.47 Å². The Labute approximate surface area is 128 Å². The fraction of sp³-hybridized carbons (Fsp3) is 1.00. The van der Waals surface area contributed by atoms with Gasteiger partial charge in [-0.2, -0.15) is 0 Å². The first-order chi connectivity index (χ1) is 5.71. The zero-order chi connectivity index (χ0) is 10.5. The molecule has 0 saturated heterocycles. The number of alkyl halides is 6. The van der Waals surface area contributed by atoms with Crippen LogP contribution in [0, 0.1) is 0 Å². The molecule has 0 aliphatic heterocycles. The lowest BCUT2D eigenvalue weighted by Gasteiger charge is -2.15. The summed E-state index contributed by atoms with van der Waals surface area (Å²) >= 11 is 19.8. The van der Waals surface area contributed by atoms with Crippen molar-refractivity contribution in [2.75, 3.05) is 20.0 Å². The third kappa shape index (κ3) is 14.8. The summed E-state index contributed by atoms with van der Waals surface area (Å²) in [6.45, 7) is 1.13. The first kappa shape index (κ1) is 15.8. The maximum Gasteiger partial charge on any atom is 0.158 e. The molecule has 0 radical (unpaired) electrons. The first-order valence-electron chi connectivity index (χ1n) is 3.00. The molecule has 80 valence electrons. The smallest absolute Gasteiger partial charge is 0.158 e. The standard InChI is InChI=1S/C5H6Br6O2/c6-4(7,8)1-12-3-13-2-5(9,10)11/h1-3H2. The van der Waals surface area contributed by atoms with E-state index in [1.165, 1.54) is 0 Å². The van der Waals surface area contributed by atoms with Gasteiger partial charge in [-0.15, -0.1) is 0 Å². The van der Waals surface area contributed by atoms with Crippen LogP contribution in [0.15, 0.2) is 0 Å². The Morgan fingerprint density at radius 3 is 1.23 bits per heavy atom. The van der Waals surface area contributed by atoms with Crippen molar-refractivity contribution in [3.63, 3.8) is 0 Å². The molecule has 0 bridgehead atoms. The fourth-order valence-electron chi connectivity index (χ4n) is 0.374. The molecule has 8 heteroatoms. The predicted octanol–water partition coefficient (Wildman–Crippen LogP) is 4.65. The molecular formula is C5H6Br6O2. The molecule has 0 aromatic heterocycles. The summed E-state index contributed by atoms with van der Waals surface area (Å²) in [6, 6.07) is 0. The second-order valence-electron chi connectivity index (χ2n) is 2.05. The molecule has 0 saturated carbocycles. The molecule has 0 aromatic carbocycles. The van der Waals surface area contributed by atoms with Crippen LogP contribution in [0.4, 0.5) is 0 Å². The summed E-state index contributed by atoms with van der Waals surface area (Å²) in [5.74, 6) is 0. The van der Waals surface area contributed by atoms with Gasteiger partial charge in [0.2, 0.25) is 0 Å². The van der Waals surface area contributed by atoms with Gasteiger partial charge in [0.25, 0.3) is 0 Å². The van der Waals surface area contributed by atoms with E-state index >= 15 is 0 Å². The molecule has 0 aliphatic rings. The minimum atomic E-state index is -0.370. The largest absolute Gasteiger partial charge is 0.352 e. The van der Waals surface area contributed by atoms with Gasteiger partial charge in [0.05, 0.1) is 13.2 Å². The van der Waals surface area contributed by atoms with E-state index in [0.717, 1.165) is 0 Å². The minimum absolute atomic E-state index is 0.231. The molecular weight excluding hydrogens is 571 g/mol. The summed E-state index contributed by atoms with van der Waals surface area (Å²) in [6.07, 6.45) is 0. The van der Waals surface area contributed by atoms with E-state index in [0.29, 0.717) is 13.2 Å². The molecule has 0 aromatic rings. The van der Waals surface area contributed by atoms with Crippen LogP contribution in [0.5, 0.6) is 0 Å². The third-order valence-electron chi connectivity index (χ3n) is 0.698. The Morgan fingerprint density at radius 2 is 1.00 bits per heavy atom. The molecule has 0 unspecified atom stereocenters. The van der Waals surface area contributed by atoms with Crippen LogP contribution in [0.1, 0.15) is 0 Å². The zero-order valence-electron chi connectivity index (χ0n) is 6.21. The molecule has 0 spiro atoms. The van der Waals surface area contributed by atoms with Crippen molar-refractivity contribution in [1.82, 2.24) is 0 Å². The van der Waals surface area contributed by atoms with Crippen LogP contribution >= 0.6 is 95.6 Å². The molecule has 0 N–H and O–H groups in total. The lowest BCUT2D eigenvalue weighted by molar-refractivity contribution is -0.0466. The normalized spacial score (nSPS) is 13.4. The summed E-state index contributed by atoms with van der Waals surface area (Å²) in [7, 11) is 0. The number of hydrogen-bond donors (Lipinski definition) is 0. The molecule has 0 fully saturated rings. The number of rotatable bonds is 4. The molecule has 0 amide bonds. The maximum absolute atomic E-state index is 5.17. The summed E-state index contributed by atoms with van der Waals surface area (Å²) in [4.78, 5) is 0. The van der Waals surface area contributed by atoms with Gasteiger partial charge in [0, 0.05) is 0 Å². The molecule has 0 rings (SSSR count). The van der Waals surface area contributed by atoms with Gasteiger partial charge in [-0.05, 0) is 0 Å². The first-order valence-corrected chi connectivity index (χ1v) is 7.75. The molecule has 13 heavy (non-hydrogen) atoms. The third-order valence-corrected chi connectivity index (χ3v) is 2.07. The van der Waals surface area contributed by atoms with Crippen LogP contribution in [0.2, 0.25) is 0 Å². The Balaban J connectivity index is 3.28. The zero-order valence-corrected chi connectivity index (χ0v) is 15.7. The van der Waals surface area contributed by atoms with Crippen molar-refractivity contribution in [3.8, 4) is 0 Å². The van der Waals surface area contributed by atoms with Crippen molar-refractivity contribution in [1.29, 1.82) is 0 Å². The minimum Gasteiger partial charge on any atom is -0.352 e. The van der Waals surface area contributed by atoms with Crippen molar-refractivity contribution in [2.45, 2.75) is 4.29 Å². The lowest BCUT2D eigenvalue weighted by Crippen LogP contribution is -2.17. The van der Waals surface area contributed by atoms with E-state index in [-0.39, 0.29) is 11.1 Å². The highest BCUT2D eigenvalue weighted by Gasteiger charge is 2.19. The van der Waals surface area contributed by atoms with Crippen molar-refractivity contribution >= 4 is 95.6 Å². The van der Waals surface area contributed by atoms with Gasteiger partial charge in [-0.1, -0.05) is 95.6 Å². The highest BCUT2D eigenvalue weighted by Crippen LogP contribution is 2.34.